The fraction of sp³-hybridized carbons (Fsp3) is 0.238. The SMILES string of the molecule is COc1ccc2c(c1)C(=O)N(C[C@@]1(C#Cc3ccc(C)[nH]c3=O)NC(=O)NC1=O)C2. The van der Waals surface area contributed by atoms with E-state index in [4.69, 9.17) is 4.74 Å². The number of methoxy groups -OCH3 is 1. The van der Waals surface area contributed by atoms with Gasteiger partial charge in [0.25, 0.3) is 17.4 Å². The lowest BCUT2D eigenvalue weighted by molar-refractivity contribution is -0.122. The highest BCUT2D eigenvalue weighted by Crippen LogP contribution is 2.28. The summed E-state index contributed by atoms with van der Waals surface area (Å²) in [5, 5.41) is 4.67. The molecule has 1 aromatic heterocycles. The molecule has 2 aliphatic heterocycles. The second-order valence-corrected chi connectivity index (χ2v) is 7.13. The number of fused-ring (bicyclic) bond motifs is 1. The van der Waals surface area contributed by atoms with Crippen LogP contribution < -0.4 is 20.9 Å². The van der Waals surface area contributed by atoms with Crippen LogP contribution >= 0.6 is 0 Å². The number of rotatable bonds is 3. The molecule has 2 aliphatic rings. The van der Waals surface area contributed by atoms with Crippen LogP contribution in [0.5, 0.6) is 5.75 Å². The lowest BCUT2D eigenvalue weighted by Crippen LogP contribution is -2.54. The van der Waals surface area contributed by atoms with Crippen LogP contribution in [-0.4, -0.2) is 46.9 Å². The predicted molar refractivity (Wildman–Crippen MR) is 106 cm³/mol. The second kappa shape index (κ2) is 7.08. The predicted octanol–water partition coefficient (Wildman–Crippen LogP) is 0.278. The van der Waals surface area contributed by atoms with E-state index in [1.54, 1.807) is 31.2 Å². The first-order valence-electron chi connectivity index (χ1n) is 9.14. The van der Waals surface area contributed by atoms with E-state index in [1.165, 1.54) is 18.1 Å². The third-order valence-corrected chi connectivity index (χ3v) is 5.03. The third-order valence-electron chi connectivity index (χ3n) is 5.03. The molecule has 1 atom stereocenters. The van der Waals surface area contributed by atoms with Crippen molar-refractivity contribution >= 4 is 17.8 Å². The highest BCUT2D eigenvalue weighted by molar-refractivity contribution is 6.10. The molecule has 0 bridgehead atoms. The van der Waals surface area contributed by atoms with Gasteiger partial charge in [-0.3, -0.25) is 19.7 Å². The molecule has 4 amide bonds. The summed E-state index contributed by atoms with van der Waals surface area (Å²) in [6, 6.07) is 7.67. The second-order valence-electron chi connectivity index (χ2n) is 7.13. The number of imide groups is 1. The van der Waals surface area contributed by atoms with Crippen LogP contribution in [0.15, 0.2) is 35.1 Å². The van der Waals surface area contributed by atoms with Gasteiger partial charge < -0.3 is 19.9 Å². The molecule has 0 radical (unpaired) electrons. The minimum atomic E-state index is -1.67. The summed E-state index contributed by atoms with van der Waals surface area (Å²) in [5.41, 5.74) is -0.00595. The Balaban J connectivity index is 1.67. The molecule has 3 N–H and O–H groups in total. The summed E-state index contributed by atoms with van der Waals surface area (Å²) in [5.74, 6) is 4.96. The summed E-state index contributed by atoms with van der Waals surface area (Å²) in [6.45, 7) is 1.82. The first kappa shape index (κ1) is 19.3. The minimum Gasteiger partial charge on any atom is -0.497 e. The molecule has 1 aromatic carbocycles. The average molecular weight is 406 g/mol. The molecule has 1 saturated heterocycles. The number of aromatic amines is 1. The molecule has 152 valence electrons. The largest absolute Gasteiger partial charge is 0.497 e. The molecule has 0 unspecified atom stereocenters. The number of amides is 4. The number of hydrogen-bond acceptors (Lipinski definition) is 5. The maximum Gasteiger partial charge on any atom is 0.323 e. The van der Waals surface area contributed by atoms with Gasteiger partial charge in [-0.1, -0.05) is 17.9 Å². The Hall–Kier alpha value is -4.06. The smallest absolute Gasteiger partial charge is 0.323 e. The Morgan fingerprint density at radius 1 is 1.17 bits per heavy atom. The van der Waals surface area contributed by atoms with Gasteiger partial charge >= 0.3 is 6.03 Å². The number of nitrogens with one attached hydrogen (secondary N) is 3. The van der Waals surface area contributed by atoms with Gasteiger partial charge in [-0.15, -0.1) is 0 Å². The maximum absolute atomic E-state index is 12.9. The molecule has 30 heavy (non-hydrogen) atoms. The van der Waals surface area contributed by atoms with Crippen LogP contribution in [0, 0.1) is 18.8 Å². The monoisotopic (exact) mass is 406 g/mol. The number of hydrogen-bond donors (Lipinski definition) is 3. The molecule has 0 saturated carbocycles. The van der Waals surface area contributed by atoms with E-state index < -0.39 is 23.0 Å². The van der Waals surface area contributed by atoms with Crippen LogP contribution in [0.2, 0.25) is 0 Å². The van der Waals surface area contributed by atoms with E-state index >= 15 is 0 Å². The van der Waals surface area contributed by atoms with Crippen LogP contribution in [0.25, 0.3) is 0 Å². The molecular weight excluding hydrogens is 388 g/mol. The van der Waals surface area contributed by atoms with Gasteiger partial charge in [0, 0.05) is 17.8 Å². The van der Waals surface area contributed by atoms with Crippen molar-refractivity contribution in [1.29, 1.82) is 0 Å². The molecule has 1 fully saturated rings. The van der Waals surface area contributed by atoms with Crippen molar-refractivity contribution in [2.45, 2.75) is 19.0 Å². The molecule has 3 heterocycles. The highest BCUT2D eigenvalue weighted by Gasteiger charge is 2.48. The van der Waals surface area contributed by atoms with Gasteiger partial charge in [0.15, 0.2) is 0 Å². The first-order valence-corrected chi connectivity index (χ1v) is 9.14. The summed E-state index contributed by atoms with van der Waals surface area (Å²) in [7, 11) is 1.51. The van der Waals surface area contributed by atoms with Crippen molar-refractivity contribution in [2.24, 2.45) is 0 Å². The van der Waals surface area contributed by atoms with Crippen molar-refractivity contribution in [1.82, 2.24) is 20.5 Å². The molecule has 9 heteroatoms. The van der Waals surface area contributed by atoms with E-state index in [-0.39, 0.29) is 24.6 Å². The number of aromatic nitrogens is 1. The summed E-state index contributed by atoms with van der Waals surface area (Å²) < 4.78 is 5.17. The summed E-state index contributed by atoms with van der Waals surface area (Å²) in [6.07, 6.45) is 0. The Morgan fingerprint density at radius 2 is 1.97 bits per heavy atom. The summed E-state index contributed by atoms with van der Waals surface area (Å²) in [4.78, 5) is 53.5. The average Bonchev–Trinajstić information content (AvgIpc) is 3.16. The molecule has 0 aliphatic carbocycles. The van der Waals surface area contributed by atoms with Crippen LogP contribution in [0.3, 0.4) is 0 Å². The zero-order valence-electron chi connectivity index (χ0n) is 16.3. The molecular formula is C21H18N4O5. The number of nitrogens with zero attached hydrogens (tertiary/aromatic N) is 1. The number of pyridine rings is 1. The molecule has 0 spiro atoms. The van der Waals surface area contributed by atoms with Gasteiger partial charge in [-0.2, -0.15) is 0 Å². The zero-order valence-corrected chi connectivity index (χ0v) is 16.3. The number of urea groups is 1. The number of ether oxygens (including phenoxy) is 1. The van der Waals surface area contributed by atoms with Gasteiger partial charge in [0.2, 0.25) is 5.54 Å². The van der Waals surface area contributed by atoms with E-state index in [9.17, 15) is 19.2 Å². The van der Waals surface area contributed by atoms with Crippen LogP contribution in [-0.2, 0) is 11.3 Å². The maximum atomic E-state index is 12.9. The number of aryl methyl sites for hydroxylation is 1. The lowest BCUT2D eigenvalue weighted by atomic mass is 9.99. The van der Waals surface area contributed by atoms with E-state index in [0.717, 1.165) is 5.56 Å². The Labute approximate surface area is 171 Å². The topological polar surface area (TPSA) is 121 Å². The van der Waals surface area contributed by atoms with Crippen LogP contribution in [0.4, 0.5) is 4.79 Å². The quantitative estimate of drug-likeness (QED) is 0.499. The molecule has 2 aromatic rings. The van der Waals surface area contributed by atoms with E-state index in [1.807, 2.05) is 0 Å². The van der Waals surface area contributed by atoms with Gasteiger partial charge in [-0.25, -0.2) is 4.79 Å². The number of carbonyl (C=O) groups is 3. The van der Waals surface area contributed by atoms with Crippen molar-refractivity contribution in [3.8, 4) is 17.6 Å². The highest BCUT2D eigenvalue weighted by atomic mass is 16.5. The van der Waals surface area contributed by atoms with Crippen molar-refractivity contribution in [3.05, 3.63) is 63.1 Å². The minimum absolute atomic E-state index is 0.148. The number of H-pyrrole nitrogens is 1. The standard InChI is InChI=1S/C21H18N4O5/c1-12-3-4-13(17(26)22-12)7-8-21(19(28)23-20(29)24-21)11-25-10-14-5-6-15(30-2)9-16(14)18(25)27/h3-6,9H,10-11H2,1-2H3,(H,22,26)(H2,23,24,28,29)/t21-/m1/s1. The zero-order chi connectivity index (χ0) is 21.5. The molecule has 9 nitrogen and oxygen atoms in total. The number of carbonyl (C=O) groups excluding carboxylic acids is 3. The fourth-order valence-electron chi connectivity index (χ4n) is 3.46. The lowest BCUT2D eigenvalue weighted by Gasteiger charge is -2.26. The Kier molecular flexibility index (Phi) is 4.54. The Bertz CT molecular complexity index is 1210. The van der Waals surface area contributed by atoms with Crippen LogP contribution in [0.1, 0.15) is 27.2 Å². The van der Waals surface area contributed by atoms with Crippen molar-refractivity contribution in [2.75, 3.05) is 13.7 Å². The fourth-order valence-corrected chi connectivity index (χ4v) is 3.46. The number of benzene rings is 1. The first-order chi connectivity index (χ1) is 14.3. The summed E-state index contributed by atoms with van der Waals surface area (Å²) >= 11 is 0. The molecule has 4 rings (SSSR count). The van der Waals surface area contributed by atoms with Crippen molar-refractivity contribution in [3.63, 3.8) is 0 Å². The van der Waals surface area contributed by atoms with E-state index in [2.05, 4.69) is 27.5 Å². The van der Waals surface area contributed by atoms with Gasteiger partial charge in [0.1, 0.15) is 5.75 Å². The van der Waals surface area contributed by atoms with Crippen molar-refractivity contribution < 1.29 is 19.1 Å². The third kappa shape index (κ3) is 3.28. The Morgan fingerprint density at radius 3 is 2.63 bits per heavy atom. The van der Waals surface area contributed by atoms with E-state index in [0.29, 0.717) is 17.0 Å². The van der Waals surface area contributed by atoms with Gasteiger partial charge in [-0.05, 0) is 36.8 Å². The van der Waals surface area contributed by atoms with Gasteiger partial charge in [0.05, 0.1) is 19.2 Å². The normalized spacial score (nSPS) is 19.7.